The zero-order chi connectivity index (χ0) is 15.7. The van der Waals surface area contributed by atoms with Crippen molar-refractivity contribution in [2.75, 3.05) is 20.8 Å². The predicted molar refractivity (Wildman–Crippen MR) is 78.7 cm³/mol. The van der Waals surface area contributed by atoms with Crippen LogP contribution in [0.3, 0.4) is 0 Å². The molecule has 0 aliphatic carbocycles. The van der Waals surface area contributed by atoms with E-state index in [1.807, 2.05) is 0 Å². The third-order valence-corrected chi connectivity index (χ3v) is 3.04. The molecular weight excluding hydrogens is 272 g/mol. The summed E-state index contributed by atoms with van der Waals surface area (Å²) in [7, 11) is 2.95. The Morgan fingerprint density at radius 3 is 2.48 bits per heavy atom. The Labute approximate surface area is 124 Å². The first-order chi connectivity index (χ1) is 10.1. The summed E-state index contributed by atoms with van der Waals surface area (Å²) in [6, 6.07) is 6.32. The quantitative estimate of drug-likeness (QED) is 0.548. The van der Waals surface area contributed by atoms with E-state index in [4.69, 9.17) is 10.5 Å². The van der Waals surface area contributed by atoms with E-state index in [0.717, 1.165) is 12.0 Å². The van der Waals surface area contributed by atoms with Gasteiger partial charge in [0.1, 0.15) is 0 Å². The monoisotopic (exact) mass is 294 g/mol. The van der Waals surface area contributed by atoms with Gasteiger partial charge in [0.2, 0.25) is 5.91 Å². The van der Waals surface area contributed by atoms with Crippen LogP contribution in [0.15, 0.2) is 24.3 Å². The minimum atomic E-state index is -0.533. The molecule has 1 unspecified atom stereocenters. The van der Waals surface area contributed by atoms with E-state index in [2.05, 4.69) is 10.1 Å². The SMILES string of the molecule is COCCCC(N)C(=O)NCc1ccc(C(=O)OC)cc1. The van der Waals surface area contributed by atoms with Crippen molar-refractivity contribution in [2.45, 2.75) is 25.4 Å². The molecule has 21 heavy (non-hydrogen) atoms. The number of methoxy groups -OCH3 is 2. The summed E-state index contributed by atoms with van der Waals surface area (Å²) in [5.74, 6) is -0.575. The molecule has 3 N–H and O–H groups in total. The van der Waals surface area contributed by atoms with E-state index in [9.17, 15) is 9.59 Å². The molecule has 0 aromatic heterocycles. The fourth-order valence-corrected chi connectivity index (χ4v) is 1.78. The standard InChI is InChI=1S/C15H22N2O4/c1-20-9-3-4-13(16)14(18)17-10-11-5-7-12(8-6-11)15(19)21-2/h5-8,13H,3-4,9-10,16H2,1-2H3,(H,17,18). The Hall–Kier alpha value is -1.92. The second kappa shape index (κ2) is 9.10. The highest BCUT2D eigenvalue weighted by Gasteiger charge is 2.12. The molecule has 116 valence electrons. The van der Waals surface area contributed by atoms with Gasteiger partial charge in [-0.05, 0) is 30.5 Å². The average Bonchev–Trinajstić information content (AvgIpc) is 2.52. The fourth-order valence-electron chi connectivity index (χ4n) is 1.78. The first-order valence-electron chi connectivity index (χ1n) is 6.78. The number of rotatable bonds is 8. The molecule has 0 aliphatic heterocycles. The van der Waals surface area contributed by atoms with Crippen molar-refractivity contribution < 1.29 is 19.1 Å². The Bertz CT molecular complexity index is 459. The molecule has 0 fully saturated rings. The van der Waals surface area contributed by atoms with Crippen molar-refractivity contribution in [1.82, 2.24) is 5.32 Å². The Morgan fingerprint density at radius 1 is 1.24 bits per heavy atom. The number of ether oxygens (including phenoxy) is 2. The fraction of sp³-hybridized carbons (Fsp3) is 0.467. The summed E-state index contributed by atoms with van der Waals surface area (Å²) in [6.07, 6.45) is 1.33. The van der Waals surface area contributed by atoms with E-state index in [1.165, 1.54) is 7.11 Å². The smallest absolute Gasteiger partial charge is 0.337 e. The molecule has 1 aromatic carbocycles. The van der Waals surface area contributed by atoms with Crippen LogP contribution in [0.2, 0.25) is 0 Å². The van der Waals surface area contributed by atoms with Crippen molar-refractivity contribution in [3.05, 3.63) is 35.4 Å². The highest BCUT2D eigenvalue weighted by molar-refractivity contribution is 5.89. The number of hydrogen-bond donors (Lipinski definition) is 2. The summed E-state index contributed by atoms with van der Waals surface area (Å²) in [4.78, 5) is 23.1. The van der Waals surface area contributed by atoms with Crippen LogP contribution in [0, 0.1) is 0 Å². The van der Waals surface area contributed by atoms with E-state index >= 15 is 0 Å². The summed E-state index contributed by atoms with van der Waals surface area (Å²) in [5.41, 5.74) is 7.14. The summed E-state index contributed by atoms with van der Waals surface area (Å²) < 4.78 is 9.53. The first kappa shape index (κ1) is 17.1. The van der Waals surface area contributed by atoms with Crippen LogP contribution in [0.25, 0.3) is 0 Å². The lowest BCUT2D eigenvalue weighted by atomic mass is 10.1. The van der Waals surface area contributed by atoms with E-state index in [1.54, 1.807) is 31.4 Å². The molecular formula is C15H22N2O4. The largest absolute Gasteiger partial charge is 0.465 e. The number of carbonyl (C=O) groups excluding carboxylic acids is 2. The second-order valence-electron chi connectivity index (χ2n) is 4.65. The van der Waals surface area contributed by atoms with Gasteiger partial charge in [-0.3, -0.25) is 4.79 Å². The van der Waals surface area contributed by atoms with Crippen LogP contribution >= 0.6 is 0 Å². The zero-order valence-corrected chi connectivity index (χ0v) is 12.4. The lowest BCUT2D eigenvalue weighted by molar-refractivity contribution is -0.122. The minimum Gasteiger partial charge on any atom is -0.465 e. The van der Waals surface area contributed by atoms with Gasteiger partial charge >= 0.3 is 5.97 Å². The lowest BCUT2D eigenvalue weighted by Gasteiger charge is -2.12. The summed E-state index contributed by atoms with van der Waals surface area (Å²) in [6.45, 7) is 0.967. The number of benzene rings is 1. The highest BCUT2D eigenvalue weighted by atomic mass is 16.5. The van der Waals surface area contributed by atoms with Gasteiger partial charge in [0, 0.05) is 20.3 Å². The van der Waals surface area contributed by atoms with Crippen LogP contribution < -0.4 is 11.1 Å². The van der Waals surface area contributed by atoms with Gasteiger partial charge in [0.25, 0.3) is 0 Å². The Morgan fingerprint density at radius 2 is 1.90 bits per heavy atom. The van der Waals surface area contributed by atoms with Crippen molar-refractivity contribution in [3.63, 3.8) is 0 Å². The number of esters is 1. The maximum absolute atomic E-state index is 11.8. The molecule has 1 aromatic rings. The van der Waals surface area contributed by atoms with E-state index < -0.39 is 6.04 Å². The summed E-state index contributed by atoms with van der Waals surface area (Å²) in [5, 5.41) is 2.77. The van der Waals surface area contributed by atoms with Crippen LogP contribution in [0.1, 0.15) is 28.8 Å². The second-order valence-corrected chi connectivity index (χ2v) is 4.65. The molecule has 0 heterocycles. The third-order valence-electron chi connectivity index (χ3n) is 3.04. The van der Waals surface area contributed by atoms with Crippen LogP contribution in [-0.2, 0) is 20.8 Å². The topological polar surface area (TPSA) is 90.6 Å². The molecule has 1 rings (SSSR count). The molecule has 0 spiro atoms. The molecule has 1 atom stereocenters. The lowest BCUT2D eigenvalue weighted by Crippen LogP contribution is -2.40. The molecule has 0 saturated carbocycles. The van der Waals surface area contributed by atoms with Gasteiger partial charge < -0.3 is 20.5 Å². The van der Waals surface area contributed by atoms with Gasteiger partial charge in [-0.15, -0.1) is 0 Å². The average molecular weight is 294 g/mol. The molecule has 0 radical (unpaired) electrons. The van der Waals surface area contributed by atoms with Crippen LogP contribution in [0.5, 0.6) is 0 Å². The van der Waals surface area contributed by atoms with Crippen LogP contribution in [-0.4, -0.2) is 38.7 Å². The van der Waals surface area contributed by atoms with Gasteiger partial charge in [0.05, 0.1) is 18.7 Å². The zero-order valence-electron chi connectivity index (χ0n) is 12.4. The number of hydrogen-bond acceptors (Lipinski definition) is 5. The molecule has 6 nitrogen and oxygen atoms in total. The first-order valence-corrected chi connectivity index (χ1v) is 6.78. The Kier molecular flexibility index (Phi) is 7.42. The third kappa shape index (κ3) is 5.93. The highest BCUT2D eigenvalue weighted by Crippen LogP contribution is 2.06. The van der Waals surface area contributed by atoms with Crippen molar-refractivity contribution in [2.24, 2.45) is 5.73 Å². The van der Waals surface area contributed by atoms with Crippen molar-refractivity contribution >= 4 is 11.9 Å². The number of carbonyl (C=O) groups is 2. The van der Waals surface area contributed by atoms with Gasteiger partial charge in [-0.2, -0.15) is 0 Å². The maximum Gasteiger partial charge on any atom is 0.337 e. The molecule has 0 bridgehead atoms. The van der Waals surface area contributed by atoms with Crippen molar-refractivity contribution in [1.29, 1.82) is 0 Å². The molecule has 0 aliphatic rings. The van der Waals surface area contributed by atoms with Crippen LogP contribution in [0.4, 0.5) is 0 Å². The minimum absolute atomic E-state index is 0.192. The molecule has 0 saturated heterocycles. The molecule has 1 amide bonds. The Balaban J connectivity index is 2.40. The van der Waals surface area contributed by atoms with Gasteiger partial charge in [0.15, 0.2) is 0 Å². The van der Waals surface area contributed by atoms with Gasteiger partial charge in [-0.1, -0.05) is 12.1 Å². The number of nitrogens with two attached hydrogens (primary N) is 1. The van der Waals surface area contributed by atoms with Gasteiger partial charge in [-0.25, -0.2) is 4.79 Å². The predicted octanol–water partition coefficient (Wildman–Crippen LogP) is 0.843. The van der Waals surface area contributed by atoms with E-state index in [-0.39, 0.29) is 11.9 Å². The maximum atomic E-state index is 11.8. The normalized spacial score (nSPS) is 11.8. The van der Waals surface area contributed by atoms with E-state index in [0.29, 0.717) is 25.1 Å². The summed E-state index contributed by atoms with van der Waals surface area (Å²) >= 11 is 0. The number of nitrogens with one attached hydrogen (secondary N) is 1. The number of amides is 1. The van der Waals surface area contributed by atoms with Crippen molar-refractivity contribution in [3.8, 4) is 0 Å². The molecule has 6 heteroatoms.